The van der Waals surface area contributed by atoms with Crippen molar-refractivity contribution in [2.24, 2.45) is 0 Å². The van der Waals surface area contributed by atoms with Crippen LogP contribution in [0.2, 0.25) is 5.02 Å². The van der Waals surface area contributed by atoms with Crippen LogP contribution in [0.25, 0.3) is 0 Å². The molecule has 0 aliphatic carbocycles. The van der Waals surface area contributed by atoms with E-state index in [2.05, 4.69) is 4.74 Å². The molecule has 1 aliphatic rings. The van der Waals surface area contributed by atoms with Crippen LogP contribution in [-0.4, -0.2) is 50.7 Å². The molecule has 0 spiro atoms. The number of carbonyl (C=O) groups excluding carboxylic acids is 1. The van der Waals surface area contributed by atoms with E-state index in [0.29, 0.717) is 17.9 Å². The molecular formula is C21H21ClF3NO5S. The van der Waals surface area contributed by atoms with Crippen molar-refractivity contribution < 1.29 is 35.9 Å². The summed E-state index contributed by atoms with van der Waals surface area (Å²) in [5, 5.41) is 0.588. The highest BCUT2D eigenvalue weighted by atomic mass is 35.5. The van der Waals surface area contributed by atoms with Crippen LogP contribution < -0.4 is 4.74 Å². The monoisotopic (exact) mass is 491 g/mol. The second kappa shape index (κ2) is 10.2. The van der Waals surface area contributed by atoms with Crippen molar-refractivity contribution >= 4 is 27.4 Å². The Morgan fingerprint density at radius 3 is 2.19 bits per heavy atom. The summed E-state index contributed by atoms with van der Waals surface area (Å²) in [4.78, 5) is 12.0. The lowest BCUT2D eigenvalue weighted by Gasteiger charge is -2.31. The highest BCUT2D eigenvalue weighted by molar-refractivity contribution is 7.89. The number of ketones is 1. The number of benzene rings is 2. The molecule has 1 saturated heterocycles. The summed E-state index contributed by atoms with van der Waals surface area (Å²) in [7, 11) is -3.86. The minimum atomic E-state index is -4.85. The second-order valence-corrected chi connectivity index (χ2v) is 9.65. The van der Waals surface area contributed by atoms with Crippen molar-refractivity contribution in [1.29, 1.82) is 0 Å². The van der Waals surface area contributed by atoms with Gasteiger partial charge in [-0.3, -0.25) is 4.79 Å². The first-order valence-electron chi connectivity index (χ1n) is 9.77. The Bertz CT molecular complexity index is 1020. The zero-order chi connectivity index (χ0) is 23.4. The smallest absolute Gasteiger partial charge is 0.406 e. The molecule has 2 aromatic rings. The predicted octanol–water partition coefficient (Wildman–Crippen LogP) is 4.22. The standard InChI is InChI=1S/C21H21ClF3NO5S/c22-16-3-1-15(2-4-16)13-17(27)14-30-18-9-11-26(12-10-18)32(28,29)20-7-5-19(6-8-20)31-21(23,24)25/h1-8,18H,9-14H2. The summed E-state index contributed by atoms with van der Waals surface area (Å²) in [6.45, 7) is 0.291. The Labute approximate surface area is 188 Å². The molecule has 0 unspecified atom stereocenters. The minimum Gasteiger partial charge on any atom is -0.406 e. The normalized spacial score (nSPS) is 16.1. The maximum atomic E-state index is 12.7. The van der Waals surface area contributed by atoms with E-state index in [-0.39, 0.29) is 42.9 Å². The SMILES string of the molecule is O=C(COC1CCN(S(=O)(=O)c2ccc(OC(F)(F)F)cc2)CC1)Cc1ccc(Cl)cc1. The van der Waals surface area contributed by atoms with Gasteiger partial charge in [-0.1, -0.05) is 23.7 Å². The summed E-state index contributed by atoms with van der Waals surface area (Å²) >= 11 is 5.82. The highest BCUT2D eigenvalue weighted by Gasteiger charge is 2.32. The molecule has 2 aromatic carbocycles. The zero-order valence-electron chi connectivity index (χ0n) is 16.8. The molecular weight excluding hydrogens is 471 g/mol. The lowest BCUT2D eigenvalue weighted by atomic mass is 10.1. The lowest BCUT2D eigenvalue weighted by molar-refractivity contribution is -0.274. The lowest BCUT2D eigenvalue weighted by Crippen LogP contribution is -2.41. The average Bonchev–Trinajstić information content (AvgIpc) is 2.73. The number of nitrogens with zero attached hydrogens (tertiary/aromatic N) is 1. The van der Waals surface area contributed by atoms with E-state index in [1.165, 1.54) is 4.31 Å². The second-order valence-electron chi connectivity index (χ2n) is 7.28. The molecule has 32 heavy (non-hydrogen) atoms. The first-order chi connectivity index (χ1) is 15.0. The topological polar surface area (TPSA) is 72.9 Å². The molecule has 0 N–H and O–H groups in total. The van der Waals surface area contributed by atoms with Crippen LogP contribution in [0.4, 0.5) is 13.2 Å². The molecule has 0 amide bonds. The van der Waals surface area contributed by atoms with Crippen molar-refractivity contribution in [3.8, 4) is 5.75 Å². The number of sulfonamides is 1. The van der Waals surface area contributed by atoms with Gasteiger partial charge in [-0.2, -0.15) is 4.31 Å². The maximum absolute atomic E-state index is 12.7. The number of piperidine rings is 1. The van der Waals surface area contributed by atoms with Gasteiger partial charge in [-0.15, -0.1) is 13.2 Å². The maximum Gasteiger partial charge on any atom is 0.573 e. The van der Waals surface area contributed by atoms with Gasteiger partial charge in [0.25, 0.3) is 0 Å². The molecule has 6 nitrogen and oxygen atoms in total. The van der Waals surface area contributed by atoms with Gasteiger partial charge in [0.2, 0.25) is 10.0 Å². The Morgan fingerprint density at radius 1 is 1.03 bits per heavy atom. The molecule has 0 radical (unpaired) electrons. The number of carbonyl (C=O) groups is 1. The number of hydrogen-bond donors (Lipinski definition) is 0. The molecule has 1 aliphatic heterocycles. The van der Waals surface area contributed by atoms with E-state index in [1.807, 2.05) is 0 Å². The fourth-order valence-electron chi connectivity index (χ4n) is 3.29. The van der Waals surface area contributed by atoms with Crippen LogP contribution in [0.3, 0.4) is 0 Å². The van der Waals surface area contributed by atoms with Crippen LogP contribution >= 0.6 is 11.6 Å². The summed E-state index contributed by atoms with van der Waals surface area (Å²) in [5.41, 5.74) is 0.829. The van der Waals surface area contributed by atoms with Crippen molar-refractivity contribution in [3.05, 3.63) is 59.1 Å². The largest absolute Gasteiger partial charge is 0.573 e. The van der Waals surface area contributed by atoms with Crippen molar-refractivity contribution in [1.82, 2.24) is 4.31 Å². The van der Waals surface area contributed by atoms with Crippen LogP contribution in [-0.2, 0) is 26.0 Å². The van der Waals surface area contributed by atoms with Gasteiger partial charge in [0, 0.05) is 24.5 Å². The molecule has 0 saturated carbocycles. The minimum absolute atomic E-state index is 0.0687. The van der Waals surface area contributed by atoms with Gasteiger partial charge in [0.05, 0.1) is 11.0 Å². The molecule has 0 atom stereocenters. The van der Waals surface area contributed by atoms with Gasteiger partial charge >= 0.3 is 6.36 Å². The van der Waals surface area contributed by atoms with E-state index >= 15 is 0 Å². The van der Waals surface area contributed by atoms with Crippen molar-refractivity contribution in [2.45, 2.75) is 36.6 Å². The number of hydrogen-bond acceptors (Lipinski definition) is 5. The fourth-order valence-corrected chi connectivity index (χ4v) is 4.89. The first kappa shape index (κ1) is 24.5. The third-order valence-corrected chi connectivity index (χ3v) is 7.06. The Morgan fingerprint density at radius 2 is 1.62 bits per heavy atom. The predicted molar refractivity (Wildman–Crippen MR) is 111 cm³/mol. The zero-order valence-corrected chi connectivity index (χ0v) is 18.4. The Kier molecular flexibility index (Phi) is 7.81. The van der Waals surface area contributed by atoms with Crippen LogP contribution in [0.15, 0.2) is 53.4 Å². The van der Waals surface area contributed by atoms with Crippen LogP contribution in [0, 0.1) is 0 Å². The summed E-state index contributed by atoms with van der Waals surface area (Å²) in [6.07, 6.45) is -4.07. The quantitative estimate of drug-likeness (QED) is 0.553. The number of rotatable bonds is 8. The number of ether oxygens (including phenoxy) is 2. The van der Waals surface area contributed by atoms with Gasteiger partial charge in [-0.25, -0.2) is 8.42 Å². The van der Waals surface area contributed by atoms with E-state index in [0.717, 1.165) is 29.8 Å². The van der Waals surface area contributed by atoms with E-state index in [4.69, 9.17) is 16.3 Å². The highest BCUT2D eigenvalue weighted by Crippen LogP contribution is 2.26. The van der Waals surface area contributed by atoms with Crippen LogP contribution in [0.5, 0.6) is 5.75 Å². The molecule has 3 rings (SSSR count). The number of Topliss-reactive ketones (excluding diaryl/α,β-unsaturated/α-hetero) is 1. The van der Waals surface area contributed by atoms with E-state index in [9.17, 15) is 26.4 Å². The van der Waals surface area contributed by atoms with E-state index < -0.39 is 22.1 Å². The Balaban J connectivity index is 1.48. The molecule has 0 bridgehead atoms. The van der Waals surface area contributed by atoms with Gasteiger partial charge in [-0.05, 0) is 54.8 Å². The third-order valence-electron chi connectivity index (χ3n) is 4.89. The molecule has 11 heteroatoms. The van der Waals surface area contributed by atoms with Gasteiger partial charge in [0.1, 0.15) is 12.4 Å². The number of alkyl halides is 3. The molecule has 174 valence electrons. The van der Waals surface area contributed by atoms with Gasteiger partial charge in [0.15, 0.2) is 5.78 Å². The molecule has 0 aromatic heterocycles. The molecule has 1 fully saturated rings. The fraction of sp³-hybridized carbons (Fsp3) is 0.381. The van der Waals surface area contributed by atoms with E-state index in [1.54, 1.807) is 24.3 Å². The summed E-state index contributed by atoms with van der Waals surface area (Å²) in [5.74, 6) is -0.588. The molecule has 1 heterocycles. The third kappa shape index (κ3) is 6.93. The summed E-state index contributed by atoms with van der Waals surface area (Å²) in [6, 6.07) is 11.0. The van der Waals surface area contributed by atoms with Gasteiger partial charge < -0.3 is 9.47 Å². The summed E-state index contributed by atoms with van der Waals surface area (Å²) < 4.78 is 72.9. The van der Waals surface area contributed by atoms with Crippen molar-refractivity contribution in [3.63, 3.8) is 0 Å². The van der Waals surface area contributed by atoms with Crippen LogP contribution in [0.1, 0.15) is 18.4 Å². The van der Waals surface area contributed by atoms with Crippen molar-refractivity contribution in [2.75, 3.05) is 19.7 Å². The average molecular weight is 492 g/mol. The number of halogens is 4. The Hall–Kier alpha value is -2.14. The first-order valence-corrected chi connectivity index (χ1v) is 11.6.